The van der Waals surface area contributed by atoms with E-state index in [1.54, 1.807) is 35.7 Å². The van der Waals surface area contributed by atoms with Gasteiger partial charge in [-0.15, -0.1) is 16.1 Å². The molecule has 0 aliphatic heterocycles. The molecule has 0 atom stereocenters. The van der Waals surface area contributed by atoms with Crippen molar-refractivity contribution < 1.29 is 9.94 Å². The van der Waals surface area contributed by atoms with Crippen LogP contribution in [-0.2, 0) is 0 Å². The second kappa shape index (κ2) is 3.85. The molecule has 2 heterocycles. The third-order valence-corrected chi connectivity index (χ3v) is 3.56. The highest BCUT2D eigenvalue weighted by Gasteiger charge is 2.22. The first kappa shape index (κ1) is 10.8. The molecule has 2 aromatic heterocycles. The maximum absolute atomic E-state index is 12.2. The topological polar surface area (TPSA) is 69.2 Å². The van der Waals surface area contributed by atoms with Crippen LogP contribution in [0.2, 0.25) is 0 Å². The van der Waals surface area contributed by atoms with Crippen LogP contribution in [0.5, 0.6) is 0 Å². The van der Waals surface area contributed by atoms with Crippen molar-refractivity contribution in [2.45, 2.75) is 0 Å². The molecule has 6 heteroatoms. The van der Waals surface area contributed by atoms with Gasteiger partial charge in [-0.1, -0.05) is 18.2 Å². The smallest absolute Gasteiger partial charge is 0.358 e. The Hall–Kier alpha value is -2.34. The Kier molecular flexibility index (Phi) is 2.31. The molecule has 0 bridgehead atoms. The normalized spacial score (nSPS) is 10.9. The summed E-state index contributed by atoms with van der Waals surface area (Å²) in [7, 11) is 0. The number of nitrogens with zero attached hydrogens (tertiary/aromatic N) is 2. The fourth-order valence-corrected chi connectivity index (χ4v) is 2.59. The number of benzene rings is 1. The van der Waals surface area contributed by atoms with Crippen LogP contribution in [-0.4, -0.2) is 9.94 Å². The lowest BCUT2D eigenvalue weighted by Gasteiger charge is -2.07. The molecule has 0 unspecified atom stereocenters. The number of para-hydroxylation sites is 2. The summed E-state index contributed by atoms with van der Waals surface area (Å²) in [6, 6.07) is 9.83. The molecule has 0 aliphatic rings. The molecule has 3 aromatic rings. The van der Waals surface area contributed by atoms with Crippen molar-refractivity contribution >= 4 is 22.4 Å². The minimum Gasteiger partial charge on any atom is -0.618 e. The number of fused-ring (bicyclic) bond motifs is 1. The molecular weight excluding hydrogens is 252 g/mol. The fraction of sp³-hybridized carbons (Fsp3) is 0. The van der Waals surface area contributed by atoms with Crippen molar-refractivity contribution in [2.75, 3.05) is 0 Å². The van der Waals surface area contributed by atoms with E-state index in [1.807, 2.05) is 0 Å². The molecule has 0 aliphatic carbocycles. The predicted molar refractivity (Wildman–Crippen MR) is 67.7 cm³/mol. The molecule has 0 saturated heterocycles. The van der Waals surface area contributed by atoms with Gasteiger partial charge in [0.15, 0.2) is 5.52 Å². The average molecular weight is 260 g/mol. The molecular formula is C12H8N2O3S. The molecule has 0 radical (unpaired) electrons. The number of thiophene rings is 1. The molecule has 0 saturated carbocycles. The number of hydrogen-bond donors (Lipinski definition) is 1. The summed E-state index contributed by atoms with van der Waals surface area (Å²) in [5, 5.41) is 23.8. The zero-order valence-electron chi connectivity index (χ0n) is 9.11. The fourth-order valence-electron chi connectivity index (χ4n) is 1.85. The van der Waals surface area contributed by atoms with E-state index in [1.165, 1.54) is 17.4 Å². The van der Waals surface area contributed by atoms with E-state index in [4.69, 9.17) is 0 Å². The Morgan fingerprint density at radius 1 is 1.22 bits per heavy atom. The van der Waals surface area contributed by atoms with E-state index in [2.05, 4.69) is 0 Å². The van der Waals surface area contributed by atoms with Crippen LogP contribution >= 0.6 is 11.3 Å². The molecule has 3 rings (SSSR count). The van der Waals surface area contributed by atoms with Crippen LogP contribution in [0, 0.1) is 5.21 Å². The van der Waals surface area contributed by atoms with Gasteiger partial charge in [0.2, 0.25) is 5.52 Å². The van der Waals surface area contributed by atoms with Gasteiger partial charge >= 0.3 is 11.3 Å². The quantitative estimate of drug-likeness (QED) is 0.410. The van der Waals surface area contributed by atoms with Crippen molar-refractivity contribution in [2.24, 2.45) is 0 Å². The molecule has 90 valence electrons. The lowest BCUT2D eigenvalue weighted by molar-refractivity contribution is -0.566. The van der Waals surface area contributed by atoms with Crippen LogP contribution in [0.3, 0.4) is 0 Å². The second-order valence-electron chi connectivity index (χ2n) is 3.73. The van der Waals surface area contributed by atoms with Crippen LogP contribution < -0.4 is 10.3 Å². The van der Waals surface area contributed by atoms with Crippen molar-refractivity contribution in [3.63, 3.8) is 0 Å². The SMILES string of the molecule is O=c1c(-c2cccs2)[n+]([O-])c2ccccc2n1O. The zero-order chi connectivity index (χ0) is 12.7. The highest BCUT2D eigenvalue weighted by atomic mass is 32.1. The van der Waals surface area contributed by atoms with Crippen LogP contribution in [0.15, 0.2) is 46.6 Å². The highest BCUT2D eigenvalue weighted by molar-refractivity contribution is 7.13. The third-order valence-electron chi connectivity index (χ3n) is 2.68. The summed E-state index contributed by atoms with van der Waals surface area (Å²) in [5.74, 6) is 0. The van der Waals surface area contributed by atoms with Crippen molar-refractivity contribution in [1.82, 2.24) is 4.73 Å². The van der Waals surface area contributed by atoms with Gasteiger partial charge < -0.3 is 10.4 Å². The minimum absolute atomic E-state index is 0.0637. The van der Waals surface area contributed by atoms with Gasteiger partial charge in [0.25, 0.3) is 0 Å². The lowest BCUT2D eigenvalue weighted by atomic mass is 10.2. The van der Waals surface area contributed by atoms with Gasteiger partial charge in [-0.25, -0.2) is 0 Å². The Bertz CT molecular complexity index is 778. The Morgan fingerprint density at radius 2 is 2.00 bits per heavy atom. The van der Waals surface area contributed by atoms with Gasteiger partial charge in [0, 0.05) is 6.07 Å². The lowest BCUT2D eigenvalue weighted by Crippen LogP contribution is -2.40. The summed E-state index contributed by atoms with van der Waals surface area (Å²) in [4.78, 5) is 12.5. The van der Waals surface area contributed by atoms with Crippen molar-refractivity contribution in [3.8, 4) is 10.6 Å². The summed E-state index contributed by atoms with van der Waals surface area (Å²) in [5.41, 5.74) is -0.335. The molecule has 18 heavy (non-hydrogen) atoms. The monoisotopic (exact) mass is 260 g/mol. The average Bonchev–Trinajstić information content (AvgIpc) is 2.90. The minimum atomic E-state index is -0.717. The van der Waals surface area contributed by atoms with E-state index in [0.29, 0.717) is 14.3 Å². The van der Waals surface area contributed by atoms with Crippen LogP contribution in [0.25, 0.3) is 21.6 Å². The molecule has 1 aromatic carbocycles. The number of aromatic nitrogens is 2. The van der Waals surface area contributed by atoms with Crippen molar-refractivity contribution in [1.29, 1.82) is 0 Å². The molecule has 0 amide bonds. The Labute approximate surface area is 105 Å². The van der Waals surface area contributed by atoms with Crippen LogP contribution in [0.4, 0.5) is 0 Å². The number of hydrogen-bond acceptors (Lipinski definition) is 4. The molecule has 5 nitrogen and oxygen atoms in total. The molecule has 0 spiro atoms. The first-order valence-corrected chi connectivity index (χ1v) is 6.08. The van der Waals surface area contributed by atoms with E-state index < -0.39 is 5.56 Å². The van der Waals surface area contributed by atoms with Gasteiger partial charge in [0.1, 0.15) is 4.88 Å². The maximum atomic E-state index is 12.2. The summed E-state index contributed by atoms with van der Waals surface area (Å²) in [6.07, 6.45) is 0. The van der Waals surface area contributed by atoms with E-state index in [-0.39, 0.29) is 16.7 Å². The molecule has 0 fully saturated rings. The Morgan fingerprint density at radius 3 is 2.72 bits per heavy atom. The first-order valence-electron chi connectivity index (χ1n) is 5.20. The van der Waals surface area contributed by atoms with E-state index >= 15 is 0 Å². The predicted octanol–water partition coefficient (Wildman–Crippen LogP) is 1.60. The molecule has 1 N–H and O–H groups in total. The van der Waals surface area contributed by atoms with Crippen molar-refractivity contribution in [3.05, 3.63) is 57.3 Å². The largest absolute Gasteiger partial charge is 0.618 e. The zero-order valence-corrected chi connectivity index (χ0v) is 9.92. The number of rotatable bonds is 1. The van der Waals surface area contributed by atoms with Gasteiger partial charge in [0.05, 0.1) is 0 Å². The third kappa shape index (κ3) is 1.39. The van der Waals surface area contributed by atoms with Gasteiger partial charge in [-0.3, -0.25) is 4.79 Å². The summed E-state index contributed by atoms with van der Waals surface area (Å²) >= 11 is 1.28. The Balaban J connectivity index is 2.51. The van der Waals surface area contributed by atoms with Gasteiger partial charge in [-0.05, 0) is 17.5 Å². The highest BCUT2D eigenvalue weighted by Crippen LogP contribution is 2.20. The standard InChI is InChI=1S/C12H8N2O3S/c15-12-11(10-6-3-7-18-10)13(16)8-4-1-2-5-9(8)14(12)17/h1-7,17H. The first-order chi connectivity index (χ1) is 8.70. The maximum Gasteiger partial charge on any atom is 0.358 e. The van der Waals surface area contributed by atoms with Gasteiger partial charge in [-0.2, -0.15) is 4.73 Å². The van der Waals surface area contributed by atoms with E-state index in [9.17, 15) is 15.2 Å². The summed E-state index contributed by atoms with van der Waals surface area (Å²) < 4.78 is 1.08. The summed E-state index contributed by atoms with van der Waals surface area (Å²) in [6.45, 7) is 0. The second-order valence-corrected chi connectivity index (χ2v) is 4.67. The van der Waals surface area contributed by atoms with E-state index in [0.717, 1.165) is 0 Å². The van der Waals surface area contributed by atoms with Crippen LogP contribution in [0.1, 0.15) is 0 Å².